The van der Waals surface area contributed by atoms with E-state index in [1.54, 1.807) is 12.1 Å². The Morgan fingerprint density at radius 3 is 2.73 bits per heavy atom. The van der Waals surface area contributed by atoms with E-state index < -0.39 is 0 Å². The summed E-state index contributed by atoms with van der Waals surface area (Å²) in [6, 6.07) is 7.30. The van der Waals surface area contributed by atoms with Gasteiger partial charge in [-0.3, -0.25) is 4.79 Å². The molecule has 3 heteroatoms. The quantitative estimate of drug-likeness (QED) is 0.783. The van der Waals surface area contributed by atoms with E-state index in [2.05, 4.69) is 0 Å². The number of hydrogen-bond acceptors (Lipinski definition) is 2. The number of Topliss-reactive ketones (excluding diaryl/α,β-unsaturated/α-hetero) is 1. The van der Waals surface area contributed by atoms with Gasteiger partial charge < -0.3 is 5.73 Å². The van der Waals surface area contributed by atoms with Crippen LogP contribution in [0.25, 0.3) is 0 Å². The lowest BCUT2D eigenvalue weighted by atomic mass is 10.0. The second-order valence-electron chi connectivity index (χ2n) is 3.77. The maximum Gasteiger partial charge on any atom is 0.164 e. The van der Waals surface area contributed by atoms with Gasteiger partial charge in [0.1, 0.15) is 0 Å². The zero-order chi connectivity index (χ0) is 11.3. The monoisotopic (exact) mass is 225 g/mol. The minimum absolute atomic E-state index is 0.0984. The predicted octanol–water partition coefficient (Wildman–Crippen LogP) is 3.04. The largest absolute Gasteiger partial charge is 0.328 e. The summed E-state index contributed by atoms with van der Waals surface area (Å²) in [4.78, 5) is 11.7. The van der Waals surface area contributed by atoms with E-state index in [0.717, 1.165) is 12.8 Å². The fourth-order valence-corrected chi connectivity index (χ4v) is 1.65. The van der Waals surface area contributed by atoms with Crippen molar-refractivity contribution in [3.63, 3.8) is 0 Å². The van der Waals surface area contributed by atoms with Crippen LogP contribution in [0, 0.1) is 0 Å². The topological polar surface area (TPSA) is 43.1 Å². The average molecular weight is 226 g/mol. The van der Waals surface area contributed by atoms with E-state index in [1.807, 2.05) is 19.1 Å². The number of halogens is 1. The highest BCUT2D eigenvalue weighted by atomic mass is 35.5. The molecule has 2 N–H and O–H groups in total. The molecule has 0 aliphatic carbocycles. The zero-order valence-corrected chi connectivity index (χ0v) is 9.63. The number of hydrogen-bond donors (Lipinski definition) is 1. The van der Waals surface area contributed by atoms with Gasteiger partial charge in [-0.15, -0.1) is 0 Å². The van der Waals surface area contributed by atoms with Gasteiger partial charge in [0.2, 0.25) is 0 Å². The van der Waals surface area contributed by atoms with E-state index in [1.165, 1.54) is 0 Å². The van der Waals surface area contributed by atoms with Crippen molar-refractivity contribution in [3.8, 4) is 0 Å². The summed E-state index contributed by atoms with van der Waals surface area (Å²) in [5.74, 6) is 0.0984. The maximum absolute atomic E-state index is 11.7. The highest BCUT2D eigenvalue weighted by Gasteiger charge is 2.09. The van der Waals surface area contributed by atoms with Gasteiger partial charge in [-0.05, 0) is 31.9 Å². The van der Waals surface area contributed by atoms with Gasteiger partial charge in [-0.1, -0.05) is 23.7 Å². The van der Waals surface area contributed by atoms with Gasteiger partial charge in [-0.2, -0.15) is 0 Å². The van der Waals surface area contributed by atoms with Crippen LogP contribution in [-0.4, -0.2) is 11.8 Å². The zero-order valence-electron chi connectivity index (χ0n) is 8.87. The van der Waals surface area contributed by atoms with Gasteiger partial charge >= 0.3 is 0 Å². The summed E-state index contributed by atoms with van der Waals surface area (Å²) >= 11 is 5.92. The second kappa shape index (κ2) is 5.89. The fraction of sp³-hybridized carbons (Fsp3) is 0.417. The normalized spacial score (nSPS) is 12.5. The van der Waals surface area contributed by atoms with E-state index in [-0.39, 0.29) is 11.8 Å². The molecule has 82 valence electrons. The molecule has 0 amide bonds. The fourth-order valence-electron chi connectivity index (χ4n) is 1.41. The first-order valence-electron chi connectivity index (χ1n) is 5.14. The van der Waals surface area contributed by atoms with Crippen LogP contribution in [0.3, 0.4) is 0 Å². The third-order valence-electron chi connectivity index (χ3n) is 2.24. The van der Waals surface area contributed by atoms with Crippen LogP contribution in [0.1, 0.15) is 36.5 Å². The van der Waals surface area contributed by atoms with Crippen molar-refractivity contribution in [2.24, 2.45) is 5.73 Å². The van der Waals surface area contributed by atoms with E-state index in [9.17, 15) is 4.79 Å². The molecule has 0 radical (unpaired) electrons. The molecule has 0 aliphatic heterocycles. The van der Waals surface area contributed by atoms with E-state index >= 15 is 0 Å². The van der Waals surface area contributed by atoms with Gasteiger partial charge in [0.25, 0.3) is 0 Å². The Morgan fingerprint density at radius 2 is 2.13 bits per heavy atom. The van der Waals surface area contributed by atoms with Crippen molar-refractivity contribution < 1.29 is 4.79 Å². The van der Waals surface area contributed by atoms with Gasteiger partial charge in [0.15, 0.2) is 5.78 Å². The number of nitrogens with two attached hydrogens (primary N) is 1. The van der Waals surface area contributed by atoms with Gasteiger partial charge in [-0.25, -0.2) is 0 Å². The number of carbonyl (C=O) groups excluding carboxylic acids is 1. The lowest BCUT2D eigenvalue weighted by molar-refractivity contribution is 0.0979. The molecule has 1 rings (SSSR count). The highest BCUT2D eigenvalue weighted by Crippen LogP contribution is 2.17. The molecular weight excluding hydrogens is 210 g/mol. The molecule has 2 nitrogen and oxygen atoms in total. The number of carbonyl (C=O) groups is 1. The summed E-state index contributed by atoms with van der Waals surface area (Å²) in [7, 11) is 0. The first-order valence-corrected chi connectivity index (χ1v) is 5.52. The number of rotatable bonds is 5. The standard InChI is InChI=1S/C12H16ClNO/c1-9(14)5-4-8-12(15)10-6-2-3-7-11(10)13/h2-3,6-7,9H,4-5,8,14H2,1H3. The van der Waals surface area contributed by atoms with Crippen molar-refractivity contribution in [1.29, 1.82) is 0 Å². The van der Waals surface area contributed by atoms with Crippen molar-refractivity contribution in [2.75, 3.05) is 0 Å². The van der Waals surface area contributed by atoms with E-state index in [4.69, 9.17) is 17.3 Å². The van der Waals surface area contributed by atoms with Crippen molar-refractivity contribution in [3.05, 3.63) is 34.9 Å². The Labute approximate surface area is 95.4 Å². The predicted molar refractivity (Wildman–Crippen MR) is 63.3 cm³/mol. The summed E-state index contributed by atoms with van der Waals surface area (Å²) in [5.41, 5.74) is 6.22. The highest BCUT2D eigenvalue weighted by molar-refractivity contribution is 6.33. The van der Waals surface area contributed by atoms with E-state index in [0.29, 0.717) is 17.0 Å². The molecule has 0 spiro atoms. The SMILES string of the molecule is CC(N)CCCC(=O)c1ccccc1Cl. The molecule has 0 aromatic heterocycles. The summed E-state index contributed by atoms with van der Waals surface area (Å²) in [5, 5.41) is 0.531. The average Bonchev–Trinajstić information content (AvgIpc) is 2.17. The molecule has 1 aromatic rings. The summed E-state index contributed by atoms with van der Waals surface area (Å²) in [6.07, 6.45) is 2.21. The van der Waals surface area contributed by atoms with Gasteiger partial charge in [0.05, 0.1) is 5.02 Å². The van der Waals surface area contributed by atoms with Crippen LogP contribution in [0.15, 0.2) is 24.3 Å². The van der Waals surface area contributed by atoms with Crippen LogP contribution in [0.4, 0.5) is 0 Å². The van der Waals surface area contributed by atoms with Crippen LogP contribution in [0.5, 0.6) is 0 Å². The maximum atomic E-state index is 11.7. The molecule has 1 atom stereocenters. The molecule has 1 unspecified atom stereocenters. The Kier molecular flexibility index (Phi) is 4.79. The Bertz CT molecular complexity index is 336. The van der Waals surface area contributed by atoms with Crippen LogP contribution in [-0.2, 0) is 0 Å². The lowest BCUT2D eigenvalue weighted by Gasteiger charge is -2.05. The molecule has 1 aromatic carbocycles. The molecule has 0 aliphatic rings. The van der Waals surface area contributed by atoms with Crippen LogP contribution in [0.2, 0.25) is 5.02 Å². The second-order valence-corrected chi connectivity index (χ2v) is 4.18. The molecule has 0 fully saturated rings. The first-order chi connectivity index (χ1) is 7.11. The van der Waals surface area contributed by atoms with Crippen LogP contribution >= 0.6 is 11.6 Å². The molecular formula is C12H16ClNO. The first kappa shape index (κ1) is 12.2. The molecule has 0 bridgehead atoms. The summed E-state index contributed by atoms with van der Waals surface area (Å²) < 4.78 is 0. The van der Waals surface area contributed by atoms with Crippen molar-refractivity contribution >= 4 is 17.4 Å². The third kappa shape index (κ3) is 4.02. The minimum Gasteiger partial charge on any atom is -0.328 e. The molecule has 15 heavy (non-hydrogen) atoms. The lowest BCUT2D eigenvalue weighted by Crippen LogP contribution is -2.14. The Morgan fingerprint density at radius 1 is 1.47 bits per heavy atom. The van der Waals surface area contributed by atoms with Crippen molar-refractivity contribution in [2.45, 2.75) is 32.2 Å². The minimum atomic E-state index is 0.0984. The number of benzene rings is 1. The Hall–Kier alpha value is -0.860. The molecule has 0 saturated heterocycles. The molecule has 0 saturated carbocycles. The Balaban J connectivity index is 2.51. The summed E-state index contributed by atoms with van der Waals surface area (Å²) in [6.45, 7) is 1.94. The van der Waals surface area contributed by atoms with Crippen molar-refractivity contribution in [1.82, 2.24) is 0 Å². The smallest absolute Gasteiger partial charge is 0.164 e. The third-order valence-corrected chi connectivity index (χ3v) is 2.57. The number of ketones is 1. The molecule has 0 heterocycles. The van der Waals surface area contributed by atoms with Crippen LogP contribution < -0.4 is 5.73 Å². The van der Waals surface area contributed by atoms with Gasteiger partial charge in [0, 0.05) is 18.0 Å².